The van der Waals surface area contributed by atoms with Crippen LogP contribution in [0.5, 0.6) is 5.75 Å². The van der Waals surface area contributed by atoms with Crippen molar-refractivity contribution in [3.8, 4) is 11.4 Å². The van der Waals surface area contributed by atoms with Gasteiger partial charge in [0.15, 0.2) is 5.65 Å². The molecule has 4 aromatic rings. The van der Waals surface area contributed by atoms with E-state index in [1.54, 1.807) is 16.7 Å². The number of ether oxygens (including phenoxy) is 1. The summed E-state index contributed by atoms with van der Waals surface area (Å²) in [6.07, 6.45) is 1.59. The number of halogens is 1. The molecule has 4 rings (SSSR count). The molecule has 2 heterocycles. The van der Waals surface area contributed by atoms with Crippen LogP contribution in [0, 0.1) is 19.7 Å². The summed E-state index contributed by atoms with van der Waals surface area (Å²) in [5.74, 6) is 0.267. The van der Waals surface area contributed by atoms with Crippen LogP contribution in [-0.2, 0) is 17.9 Å². The highest BCUT2D eigenvalue weighted by Gasteiger charge is 2.18. The molecule has 0 unspecified atom stereocenters. The number of carbonyl (C=O) groups is 1. The maximum absolute atomic E-state index is 13.8. The Labute approximate surface area is 196 Å². The lowest BCUT2D eigenvalue weighted by Gasteiger charge is -2.09. The van der Waals surface area contributed by atoms with Crippen molar-refractivity contribution in [3.63, 3.8) is 0 Å². The molecule has 1 N–H and O–H groups in total. The fourth-order valence-corrected chi connectivity index (χ4v) is 3.96. The summed E-state index contributed by atoms with van der Waals surface area (Å²) in [6, 6.07) is 13.7. The van der Waals surface area contributed by atoms with Gasteiger partial charge < -0.3 is 10.1 Å². The van der Waals surface area contributed by atoms with E-state index in [0.717, 1.165) is 22.6 Å². The number of benzene rings is 2. The third-order valence-electron chi connectivity index (χ3n) is 5.85. The number of rotatable bonds is 8. The first-order chi connectivity index (χ1) is 16.4. The van der Waals surface area contributed by atoms with Crippen LogP contribution in [0.4, 0.5) is 4.39 Å². The first-order valence-electron chi connectivity index (χ1n) is 11.2. The third-order valence-corrected chi connectivity index (χ3v) is 5.85. The van der Waals surface area contributed by atoms with Gasteiger partial charge in [0.2, 0.25) is 5.91 Å². The molecule has 0 atom stereocenters. The maximum atomic E-state index is 13.8. The van der Waals surface area contributed by atoms with Crippen LogP contribution < -0.4 is 15.6 Å². The number of nitrogens with one attached hydrogen (secondary N) is 1. The van der Waals surface area contributed by atoms with Crippen molar-refractivity contribution in [2.75, 3.05) is 6.61 Å². The number of hydrogen-bond donors (Lipinski definition) is 1. The quantitative estimate of drug-likeness (QED) is 0.429. The van der Waals surface area contributed by atoms with Crippen LogP contribution in [0.3, 0.4) is 0 Å². The molecule has 0 aliphatic heterocycles. The highest BCUT2D eigenvalue weighted by atomic mass is 19.1. The molecular weight excluding hydrogens is 435 g/mol. The molecule has 2 aromatic heterocycles. The van der Waals surface area contributed by atoms with Crippen molar-refractivity contribution in [2.45, 2.75) is 40.3 Å². The van der Waals surface area contributed by atoms with E-state index < -0.39 is 0 Å². The lowest BCUT2D eigenvalue weighted by Crippen LogP contribution is -2.27. The predicted molar refractivity (Wildman–Crippen MR) is 129 cm³/mol. The minimum absolute atomic E-state index is 0.146. The van der Waals surface area contributed by atoms with E-state index in [9.17, 15) is 14.0 Å². The molecule has 0 bridgehead atoms. The van der Waals surface area contributed by atoms with E-state index in [1.165, 1.54) is 23.0 Å². The SMILES string of the molecule is CCOc1ccc(CNC(=O)CCn2cnc3c(c(C)c(C)n3-c3cccc(F)c3)c2=O)cc1. The second-order valence-electron chi connectivity index (χ2n) is 8.07. The summed E-state index contributed by atoms with van der Waals surface area (Å²) in [4.78, 5) is 30.0. The molecule has 0 spiro atoms. The van der Waals surface area contributed by atoms with E-state index in [2.05, 4.69) is 10.3 Å². The van der Waals surface area contributed by atoms with Gasteiger partial charge in [0.1, 0.15) is 11.6 Å². The lowest BCUT2D eigenvalue weighted by atomic mass is 10.2. The van der Waals surface area contributed by atoms with Gasteiger partial charge in [0, 0.05) is 25.2 Å². The van der Waals surface area contributed by atoms with E-state index in [1.807, 2.05) is 45.0 Å². The van der Waals surface area contributed by atoms with Crippen LogP contribution in [0.15, 0.2) is 59.7 Å². The molecule has 0 fully saturated rings. The number of aromatic nitrogens is 3. The van der Waals surface area contributed by atoms with Crippen LogP contribution >= 0.6 is 0 Å². The number of aryl methyl sites for hydroxylation is 2. The second-order valence-corrected chi connectivity index (χ2v) is 8.07. The van der Waals surface area contributed by atoms with Gasteiger partial charge >= 0.3 is 0 Å². The molecular formula is C26H27FN4O3. The highest BCUT2D eigenvalue weighted by Crippen LogP contribution is 2.25. The standard InChI is InChI=1S/C26H27FN4O3/c1-4-34-22-10-8-19(9-11-22)15-28-23(32)12-13-30-16-29-25-24(26(30)33)17(2)18(3)31(25)21-7-5-6-20(27)14-21/h5-11,14,16H,4,12-13,15H2,1-3H3,(H,28,32). The Morgan fingerprint density at radius 1 is 1.15 bits per heavy atom. The summed E-state index contributed by atoms with van der Waals surface area (Å²) in [5, 5.41) is 3.34. The zero-order valence-electron chi connectivity index (χ0n) is 19.5. The van der Waals surface area contributed by atoms with Crippen molar-refractivity contribution in [3.05, 3.63) is 87.9 Å². The molecule has 8 heteroatoms. The van der Waals surface area contributed by atoms with Gasteiger partial charge in [0.25, 0.3) is 5.56 Å². The van der Waals surface area contributed by atoms with Crippen molar-refractivity contribution >= 4 is 16.9 Å². The highest BCUT2D eigenvalue weighted by molar-refractivity contribution is 5.83. The summed E-state index contributed by atoms with van der Waals surface area (Å²) in [7, 11) is 0. The van der Waals surface area contributed by atoms with Crippen molar-refractivity contribution in [1.29, 1.82) is 0 Å². The average molecular weight is 463 g/mol. The molecule has 34 heavy (non-hydrogen) atoms. The van der Waals surface area contributed by atoms with Gasteiger partial charge in [-0.1, -0.05) is 18.2 Å². The Balaban J connectivity index is 1.47. The van der Waals surface area contributed by atoms with Crippen LogP contribution in [-0.4, -0.2) is 26.6 Å². The first kappa shape index (κ1) is 23.2. The molecule has 7 nitrogen and oxygen atoms in total. The van der Waals surface area contributed by atoms with Gasteiger partial charge in [-0.15, -0.1) is 0 Å². The van der Waals surface area contributed by atoms with Crippen molar-refractivity contribution in [1.82, 2.24) is 19.4 Å². The average Bonchev–Trinajstić information content (AvgIpc) is 3.09. The molecule has 0 aliphatic rings. The number of amides is 1. The number of fused-ring (bicyclic) bond motifs is 1. The Morgan fingerprint density at radius 2 is 1.91 bits per heavy atom. The zero-order chi connectivity index (χ0) is 24.2. The Kier molecular flexibility index (Phi) is 6.77. The fraction of sp³-hybridized carbons (Fsp3) is 0.269. The zero-order valence-corrected chi connectivity index (χ0v) is 19.5. The fourth-order valence-electron chi connectivity index (χ4n) is 3.96. The minimum Gasteiger partial charge on any atom is -0.494 e. The monoisotopic (exact) mass is 462 g/mol. The van der Waals surface area contributed by atoms with Crippen LogP contribution in [0.25, 0.3) is 16.7 Å². The summed E-state index contributed by atoms with van der Waals surface area (Å²) >= 11 is 0. The van der Waals surface area contributed by atoms with Gasteiger partial charge in [-0.2, -0.15) is 0 Å². The van der Waals surface area contributed by atoms with Crippen molar-refractivity contribution in [2.24, 2.45) is 0 Å². The molecule has 0 saturated heterocycles. The van der Waals surface area contributed by atoms with E-state index in [-0.39, 0.29) is 30.2 Å². The molecule has 2 aromatic carbocycles. The van der Waals surface area contributed by atoms with Crippen molar-refractivity contribution < 1.29 is 13.9 Å². The van der Waals surface area contributed by atoms with E-state index >= 15 is 0 Å². The molecule has 176 valence electrons. The number of nitrogens with zero attached hydrogens (tertiary/aromatic N) is 3. The van der Waals surface area contributed by atoms with E-state index in [4.69, 9.17) is 4.74 Å². The summed E-state index contributed by atoms with van der Waals surface area (Å²) in [6.45, 7) is 6.86. The van der Waals surface area contributed by atoms with Gasteiger partial charge in [-0.25, -0.2) is 9.37 Å². The number of carbonyl (C=O) groups excluding carboxylic acids is 1. The van der Waals surface area contributed by atoms with Gasteiger partial charge in [0.05, 0.1) is 24.0 Å². The van der Waals surface area contributed by atoms with Gasteiger partial charge in [-0.05, 0) is 62.2 Å². The minimum atomic E-state index is -0.360. The first-order valence-corrected chi connectivity index (χ1v) is 11.2. The van der Waals surface area contributed by atoms with Gasteiger partial charge in [-0.3, -0.25) is 18.7 Å². The Hall–Kier alpha value is -3.94. The summed E-state index contributed by atoms with van der Waals surface area (Å²) in [5.41, 5.74) is 3.42. The summed E-state index contributed by atoms with van der Waals surface area (Å²) < 4.78 is 22.4. The smallest absolute Gasteiger partial charge is 0.263 e. The lowest BCUT2D eigenvalue weighted by molar-refractivity contribution is -0.121. The molecule has 1 amide bonds. The molecule has 0 radical (unpaired) electrons. The second kappa shape index (κ2) is 9.91. The van der Waals surface area contributed by atoms with Crippen LogP contribution in [0.1, 0.15) is 30.2 Å². The predicted octanol–water partition coefficient (Wildman–Crippen LogP) is 4.05. The molecule has 0 aliphatic carbocycles. The van der Waals surface area contributed by atoms with Crippen LogP contribution in [0.2, 0.25) is 0 Å². The maximum Gasteiger partial charge on any atom is 0.263 e. The van der Waals surface area contributed by atoms with E-state index in [0.29, 0.717) is 29.9 Å². The Bertz CT molecular complexity index is 1390. The third kappa shape index (κ3) is 4.71. The Morgan fingerprint density at radius 3 is 2.62 bits per heavy atom. The number of hydrogen-bond acceptors (Lipinski definition) is 4. The molecule has 0 saturated carbocycles. The normalized spacial score (nSPS) is 11.1. The largest absolute Gasteiger partial charge is 0.494 e. The topological polar surface area (TPSA) is 78.2 Å².